The smallest absolute Gasteiger partial charge is 0.269 e. The minimum atomic E-state index is -0.536. The Morgan fingerprint density at radius 3 is 2.50 bits per heavy atom. The monoisotopic (exact) mass is 381 g/mol. The Hall–Kier alpha value is -3.09. The van der Waals surface area contributed by atoms with E-state index in [1.54, 1.807) is 12.1 Å². The Bertz CT molecular complexity index is 862. The second-order valence-electron chi connectivity index (χ2n) is 7.26. The van der Waals surface area contributed by atoms with Gasteiger partial charge in [-0.25, -0.2) is 0 Å². The molecule has 1 atom stereocenters. The number of anilines is 1. The number of fused-ring (bicyclic) bond motifs is 1. The number of ether oxygens (including phenoxy) is 1. The zero-order chi connectivity index (χ0) is 19.5. The molecule has 146 valence electrons. The maximum atomic E-state index is 13.0. The van der Waals surface area contributed by atoms with Crippen molar-refractivity contribution in [3.63, 3.8) is 0 Å². The van der Waals surface area contributed by atoms with Crippen LogP contribution in [0.25, 0.3) is 0 Å². The molecule has 0 spiro atoms. The molecule has 1 amide bonds. The number of hydrogen-bond acceptors (Lipinski definition) is 5. The fraction of sp³-hybridized carbons (Fsp3) is 0.381. The number of hydrogen-bond donors (Lipinski definition) is 0. The van der Waals surface area contributed by atoms with Crippen LogP contribution in [0, 0.1) is 10.1 Å². The van der Waals surface area contributed by atoms with Crippen LogP contribution in [0.3, 0.4) is 0 Å². The van der Waals surface area contributed by atoms with Gasteiger partial charge in [0, 0.05) is 31.8 Å². The van der Waals surface area contributed by atoms with Crippen molar-refractivity contribution in [3.05, 3.63) is 64.2 Å². The van der Waals surface area contributed by atoms with Crippen LogP contribution < -0.4 is 9.64 Å². The molecule has 0 aliphatic carbocycles. The van der Waals surface area contributed by atoms with Crippen molar-refractivity contribution in [2.45, 2.75) is 31.9 Å². The van der Waals surface area contributed by atoms with Crippen LogP contribution in [0.5, 0.6) is 5.75 Å². The van der Waals surface area contributed by atoms with Gasteiger partial charge in [-0.1, -0.05) is 24.3 Å². The number of amides is 1. The average molecular weight is 381 g/mol. The number of para-hydroxylation sites is 2. The third kappa shape index (κ3) is 3.78. The molecule has 2 aliphatic heterocycles. The molecule has 2 aromatic carbocycles. The zero-order valence-corrected chi connectivity index (χ0v) is 15.6. The summed E-state index contributed by atoms with van der Waals surface area (Å²) >= 11 is 0. The van der Waals surface area contributed by atoms with Crippen LogP contribution in [0.4, 0.5) is 11.4 Å². The molecule has 1 unspecified atom stereocenters. The van der Waals surface area contributed by atoms with Gasteiger partial charge in [-0.15, -0.1) is 0 Å². The molecule has 0 bridgehead atoms. The average Bonchev–Trinajstić information content (AvgIpc) is 2.74. The van der Waals surface area contributed by atoms with Crippen LogP contribution in [0.2, 0.25) is 0 Å². The number of benzene rings is 2. The van der Waals surface area contributed by atoms with Gasteiger partial charge in [0.2, 0.25) is 0 Å². The Kier molecular flexibility index (Phi) is 5.14. The quantitative estimate of drug-likeness (QED) is 0.599. The number of carbonyl (C=O) groups excluding carboxylic acids is 1. The Labute approximate surface area is 163 Å². The number of piperidine rings is 1. The molecule has 2 aliphatic rings. The molecule has 1 fully saturated rings. The van der Waals surface area contributed by atoms with Crippen LogP contribution in [-0.2, 0) is 11.3 Å². The van der Waals surface area contributed by atoms with Gasteiger partial charge in [-0.2, -0.15) is 0 Å². The minimum absolute atomic E-state index is 0.0444. The van der Waals surface area contributed by atoms with E-state index in [4.69, 9.17) is 4.74 Å². The summed E-state index contributed by atoms with van der Waals surface area (Å²) in [6.45, 7) is 2.61. The Balaban J connectivity index is 1.55. The summed E-state index contributed by atoms with van der Waals surface area (Å²) in [6.07, 6.45) is 2.72. The molecule has 0 radical (unpaired) electrons. The second-order valence-corrected chi connectivity index (χ2v) is 7.26. The molecule has 0 aromatic heterocycles. The number of rotatable bonds is 4. The van der Waals surface area contributed by atoms with Crippen LogP contribution in [-0.4, -0.2) is 41.5 Å². The second kappa shape index (κ2) is 7.88. The molecular formula is C21H23N3O4. The molecule has 2 heterocycles. The Morgan fingerprint density at radius 2 is 1.79 bits per heavy atom. The van der Waals surface area contributed by atoms with Crippen LogP contribution >= 0.6 is 0 Å². The summed E-state index contributed by atoms with van der Waals surface area (Å²) < 4.78 is 6.04. The van der Waals surface area contributed by atoms with E-state index in [0.29, 0.717) is 18.8 Å². The van der Waals surface area contributed by atoms with Crippen molar-refractivity contribution in [3.8, 4) is 5.75 Å². The van der Waals surface area contributed by atoms with Crippen LogP contribution in [0.15, 0.2) is 48.5 Å². The first-order chi connectivity index (χ1) is 13.6. The van der Waals surface area contributed by atoms with Crippen LogP contribution in [0.1, 0.15) is 24.8 Å². The highest BCUT2D eigenvalue weighted by Crippen LogP contribution is 2.34. The summed E-state index contributed by atoms with van der Waals surface area (Å²) in [7, 11) is 0. The highest BCUT2D eigenvalue weighted by molar-refractivity contribution is 5.83. The van der Waals surface area contributed by atoms with Gasteiger partial charge in [-0.05, 0) is 37.0 Å². The van der Waals surface area contributed by atoms with Gasteiger partial charge in [0.15, 0.2) is 6.10 Å². The van der Waals surface area contributed by atoms with Gasteiger partial charge in [-0.3, -0.25) is 14.9 Å². The lowest BCUT2D eigenvalue weighted by Gasteiger charge is -2.38. The zero-order valence-electron chi connectivity index (χ0n) is 15.6. The van der Waals surface area contributed by atoms with Gasteiger partial charge < -0.3 is 14.5 Å². The predicted molar refractivity (Wildman–Crippen MR) is 105 cm³/mol. The summed E-state index contributed by atoms with van der Waals surface area (Å²) in [5, 5.41) is 10.9. The van der Waals surface area contributed by atoms with Crippen molar-refractivity contribution in [2.24, 2.45) is 0 Å². The largest absolute Gasteiger partial charge is 0.477 e. The SMILES string of the molecule is O=C(C1CN(Cc2ccc([N+](=O)[O-])cc2)c2ccccc2O1)N1CCCCC1. The van der Waals surface area contributed by atoms with Gasteiger partial charge >= 0.3 is 0 Å². The first-order valence-electron chi connectivity index (χ1n) is 9.64. The number of non-ortho nitro benzene ring substituents is 1. The molecule has 7 nitrogen and oxygen atoms in total. The predicted octanol–water partition coefficient (Wildman–Crippen LogP) is 3.37. The molecular weight excluding hydrogens is 358 g/mol. The van der Waals surface area contributed by atoms with Crippen molar-refractivity contribution >= 4 is 17.3 Å². The molecule has 0 N–H and O–H groups in total. The van der Waals surface area contributed by atoms with Gasteiger partial charge in [0.05, 0.1) is 17.2 Å². The maximum absolute atomic E-state index is 13.0. The number of nitro groups is 1. The normalized spacial score (nSPS) is 18.9. The fourth-order valence-electron chi connectivity index (χ4n) is 3.85. The van der Waals surface area contributed by atoms with E-state index in [9.17, 15) is 14.9 Å². The Morgan fingerprint density at radius 1 is 1.07 bits per heavy atom. The first-order valence-corrected chi connectivity index (χ1v) is 9.64. The summed E-state index contributed by atoms with van der Waals surface area (Å²) in [6, 6.07) is 14.2. The highest BCUT2D eigenvalue weighted by atomic mass is 16.6. The lowest BCUT2D eigenvalue weighted by molar-refractivity contribution is -0.384. The summed E-state index contributed by atoms with van der Waals surface area (Å²) in [4.78, 5) is 27.5. The summed E-state index contributed by atoms with van der Waals surface area (Å²) in [5.41, 5.74) is 1.96. The number of nitro benzene ring substituents is 1. The lowest BCUT2D eigenvalue weighted by atomic mass is 10.1. The number of carbonyl (C=O) groups is 1. The van der Waals surface area contributed by atoms with E-state index in [2.05, 4.69) is 4.90 Å². The van der Waals surface area contributed by atoms with Crippen molar-refractivity contribution in [1.29, 1.82) is 0 Å². The van der Waals surface area contributed by atoms with Crippen molar-refractivity contribution in [1.82, 2.24) is 4.90 Å². The van der Waals surface area contributed by atoms with Crippen molar-refractivity contribution < 1.29 is 14.5 Å². The molecule has 4 rings (SSSR count). The highest BCUT2D eigenvalue weighted by Gasteiger charge is 2.33. The van der Waals surface area contributed by atoms with E-state index < -0.39 is 11.0 Å². The van der Waals surface area contributed by atoms with E-state index in [1.165, 1.54) is 18.6 Å². The van der Waals surface area contributed by atoms with E-state index >= 15 is 0 Å². The number of likely N-dealkylation sites (tertiary alicyclic amines) is 1. The summed E-state index contributed by atoms with van der Waals surface area (Å²) in [5.74, 6) is 0.744. The molecule has 1 saturated heterocycles. The maximum Gasteiger partial charge on any atom is 0.269 e. The third-order valence-corrected chi connectivity index (χ3v) is 5.33. The van der Waals surface area contributed by atoms with Crippen molar-refractivity contribution in [2.75, 3.05) is 24.5 Å². The first kappa shape index (κ1) is 18.3. The molecule has 2 aromatic rings. The topological polar surface area (TPSA) is 75.9 Å². The van der Waals surface area contributed by atoms with Gasteiger partial charge in [0.1, 0.15) is 5.75 Å². The fourth-order valence-corrected chi connectivity index (χ4v) is 3.85. The van der Waals surface area contributed by atoms with E-state index in [1.807, 2.05) is 29.2 Å². The van der Waals surface area contributed by atoms with E-state index in [0.717, 1.165) is 37.2 Å². The standard InChI is InChI=1S/C21H23N3O4/c25-21(22-12-4-1-5-13-22)20-15-23(18-6-2-3-7-19(18)28-20)14-16-8-10-17(11-9-16)24(26)27/h2-3,6-11,20H,1,4-5,12-15H2. The number of nitrogens with zero attached hydrogens (tertiary/aromatic N) is 3. The third-order valence-electron chi connectivity index (χ3n) is 5.33. The molecule has 7 heteroatoms. The van der Waals surface area contributed by atoms with E-state index in [-0.39, 0.29) is 11.6 Å². The minimum Gasteiger partial charge on any atom is -0.477 e. The molecule has 0 saturated carbocycles. The molecule has 28 heavy (non-hydrogen) atoms. The lowest BCUT2D eigenvalue weighted by Crippen LogP contribution is -2.51. The van der Waals surface area contributed by atoms with Gasteiger partial charge in [0.25, 0.3) is 11.6 Å².